The van der Waals surface area contributed by atoms with Gasteiger partial charge in [-0.2, -0.15) is 0 Å². The minimum atomic E-state index is 0.0250. The van der Waals surface area contributed by atoms with Gasteiger partial charge < -0.3 is 0 Å². The van der Waals surface area contributed by atoms with Crippen LogP contribution >= 0.6 is 0 Å². The van der Waals surface area contributed by atoms with Crippen molar-refractivity contribution in [2.75, 3.05) is 0 Å². The Morgan fingerprint density at radius 3 is 2.31 bits per heavy atom. The van der Waals surface area contributed by atoms with E-state index in [4.69, 9.17) is 0 Å². The van der Waals surface area contributed by atoms with E-state index < -0.39 is 0 Å². The fourth-order valence-electron chi connectivity index (χ4n) is 4.26. The van der Waals surface area contributed by atoms with E-state index in [1.165, 1.54) is 44.5 Å². The van der Waals surface area contributed by atoms with Crippen LogP contribution < -0.4 is 0 Å². The highest BCUT2D eigenvalue weighted by atomic mass is 14.4. The van der Waals surface area contributed by atoms with Crippen LogP contribution in [0, 0.1) is 0 Å². The zero-order chi connectivity index (χ0) is 18.3. The van der Waals surface area contributed by atoms with Crippen LogP contribution in [-0.2, 0) is 5.41 Å². The van der Waals surface area contributed by atoms with Gasteiger partial charge in [0, 0.05) is 5.41 Å². The van der Waals surface area contributed by atoms with Crippen LogP contribution in [0.2, 0.25) is 0 Å². The molecule has 0 atom stereocenters. The highest BCUT2D eigenvalue weighted by Crippen LogP contribution is 2.49. The molecule has 3 aromatic carbocycles. The Morgan fingerprint density at radius 2 is 1.54 bits per heavy atom. The summed E-state index contributed by atoms with van der Waals surface area (Å²) in [6.45, 7) is 10.8. The van der Waals surface area contributed by atoms with E-state index in [0.717, 1.165) is 0 Å². The number of benzene rings is 3. The molecule has 0 nitrogen and oxygen atoms in total. The van der Waals surface area contributed by atoms with Gasteiger partial charge in [0.1, 0.15) is 0 Å². The smallest absolute Gasteiger partial charge is 0.0159 e. The van der Waals surface area contributed by atoms with Gasteiger partial charge in [0.05, 0.1) is 0 Å². The van der Waals surface area contributed by atoms with E-state index >= 15 is 0 Å². The average molecular weight is 336 g/mol. The molecule has 0 saturated carbocycles. The van der Waals surface area contributed by atoms with Crippen LogP contribution in [0.5, 0.6) is 0 Å². The number of hydrogen-bond acceptors (Lipinski definition) is 0. The lowest BCUT2D eigenvalue weighted by Gasteiger charge is -2.22. The first-order chi connectivity index (χ1) is 12.6. The van der Waals surface area contributed by atoms with Crippen molar-refractivity contribution < 1.29 is 0 Å². The van der Waals surface area contributed by atoms with Gasteiger partial charge in [0.15, 0.2) is 0 Å². The van der Waals surface area contributed by atoms with Gasteiger partial charge in [0.2, 0.25) is 0 Å². The Morgan fingerprint density at radius 1 is 0.808 bits per heavy atom. The molecule has 128 valence electrons. The Bertz CT molecular complexity index is 1030. The van der Waals surface area contributed by atoms with E-state index in [2.05, 4.69) is 100 Å². The first-order valence-corrected chi connectivity index (χ1v) is 9.21. The predicted octanol–water partition coefficient (Wildman–Crippen LogP) is 7.34. The van der Waals surface area contributed by atoms with Gasteiger partial charge in [-0.3, -0.25) is 0 Å². The second kappa shape index (κ2) is 6.14. The number of fused-ring (bicyclic) bond motifs is 3. The lowest BCUT2D eigenvalue weighted by molar-refractivity contribution is 0.660. The molecule has 0 spiro atoms. The van der Waals surface area contributed by atoms with Crippen molar-refractivity contribution in [3.8, 4) is 22.3 Å². The molecule has 0 N–H and O–H groups in total. The van der Waals surface area contributed by atoms with Crippen molar-refractivity contribution in [1.29, 1.82) is 0 Å². The summed E-state index contributed by atoms with van der Waals surface area (Å²) >= 11 is 0. The van der Waals surface area contributed by atoms with Crippen LogP contribution in [0.4, 0.5) is 0 Å². The summed E-state index contributed by atoms with van der Waals surface area (Å²) in [5.41, 5.74) is 10.5. The molecule has 3 aromatic rings. The lowest BCUT2D eigenvalue weighted by Crippen LogP contribution is -2.14. The maximum atomic E-state index is 4.06. The highest BCUT2D eigenvalue weighted by molar-refractivity contribution is 5.86. The Kier molecular flexibility index (Phi) is 3.92. The summed E-state index contributed by atoms with van der Waals surface area (Å²) in [5.74, 6) is 0. The van der Waals surface area contributed by atoms with Crippen LogP contribution in [0.25, 0.3) is 34.4 Å². The molecule has 0 aliphatic heterocycles. The molecule has 0 unspecified atom stereocenters. The van der Waals surface area contributed by atoms with Crippen LogP contribution in [0.3, 0.4) is 0 Å². The second-order valence-electron chi connectivity index (χ2n) is 7.44. The molecule has 1 aliphatic rings. The Hall–Kier alpha value is -2.86. The van der Waals surface area contributed by atoms with Gasteiger partial charge in [0.25, 0.3) is 0 Å². The van der Waals surface area contributed by atoms with Crippen molar-refractivity contribution in [2.45, 2.75) is 26.2 Å². The number of allylic oxidation sites excluding steroid dienone is 1. The van der Waals surface area contributed by atoms with Crippen LogP contribution in [0.15, 0.2) is 73.3 Å². The number of rotatable bonds is 3. The second-order valence-corrected chi connectivity index (χ2v) is 7.44. The largest absolute Gasteiger partial charge is 0.0984 e. The summed E-state index contributed by atoms with van der Waals surface area (Å²) in [7, 11) is 0. The fourth-order valence-corrected chi connectivity index (χ4v) is 4.26. The molecule has 0 bridgehead atoms. The van der Waals surface area contributed by atoms with Gasteiger partial charge in [-0.15, -0.1) is 0 Å². The molecular weight excluding hydrogens is 312 g/mol. The fraction of sp³-hybridized carbons (Fsp3) is 0.154. The average Bonchev–Trinajstić information content (AvgIpc) is 2.89. The summed E-state index contributed by atoms with van der Waals surface area (Å²) in [4.78, 5) is 0. The maximum absolute atomic E-state index is 4.06. The van der Waals surface area contributed by atoms with E-state index in [1.807, 2.05) is 6.08 Å². The molecule has 0 fully saturated rings. The minimum Gasteiger partial charge on any atom is -0.0984 e. The molecule has 1 aliphatic carbocycles. The van der Waals surface area contributed by atoms with Crippen molar-refractivity contribution in [2.24, 2.45) is 0 Å². The summed E-state index contributed by atoms with van der Waals surface area (Å²) in [5, 5.41) is 0. The van der Waals surface area contributed by atoms with Crippen LogP contribution in [0.1, 0.15) is 43.0 Å². The highest BCUT2D eigenvalue weighted by Gasteiger charge is 2.35. The van der Waals surface area contributed by atoms with Crippen molar-refractivity contribution >= 4 is 12.2 Å². The Balaban J connectivity index is 1.93. The quantitative estimate of drug-likeness (QED) is 0.469. The third-order valence-electron chi connectivity index (χ3n) is 5.58. The van der Waals surface area contributed by atoms with E-state index in [-0.39, 0.29) is 5.41 Å². The topological polar surface area (TPSA) is 0 Å². The normalized spacial score (nSPS) is 14.3. The third-order valence-corrected chi connectivity index (χ3v) is 5.58. The van der Waals surface area contributed by atoms with Crippen LogP contribution in [-0.4, -0.2) is 0 Å². The molecule has 26 heavy (non-hydrogen) atoms. The summed E-state index contributed by atoms with van der Waals surface area (Å²) in [6, 6.07) is 22.2. The van der Waals surface area contributed by atoms with E-state index in [9.17, 15) is 0 Å². The monoisotopic (exact) mass is 336 g/mol. The first-order valence-electron chi connectivity index (χ1n) is 9.21. The molecule has 0 heteroatoms. The molecule has 0 radical (unpaired) electrons. The molecule has 0 aromatic heterocycles. The standard InChI is InChI=1S/C26H24/c1-5-10-18-11-9-13-21(20(18)6-2)19-15-16-23-22-12-7-8-14-24(22)26(3,4)25(23)17-19/h5-17H,2H2,1,3-4H3/b10-5-. The summed E-state index contributed by atoms with van der Waals surface area (Å²) < 4.78 is 0. The van der Waals surface area contributed by atoms with E-state index in [0.29, 0.717) is 0 Å². The van der Waals surface area contributed by atoms with Crippen molar-refractivity contribution in [1.82, 2.24) is 0 Å². The zero-order valence-corrected chi connectivity index (χ0v) is 15.7. The van der Waals surface area contributed by atoms with Gasteiger partial charge in [-0.25, -0.2) is 0 Å². The zero-order valence-electron chi connectivity index (χ0n) is 15.7. The minimum absolute atomic E-state index is 0.0250. The predicted molar refractivity (Wildman–Crippen MR) is 114 cm³/mol. The maximum Gasteiger partial charge on any atom is 0.0159 e. The molecule has 0 amide bonds. The number of hydrogen-bond donors (Lipinski definition) is 0. The van der Waals surface area contributed by atoms with Gasteiger partial charge in [-0.1, -0.05) is 93.3 Å². The van der Waals surface area contributed by atoms with Crippen molar-refractivity contribution in [3.05, 3.63) is 95.6 Å². The lowest BCUT2D eigenvalue weighted by atomic mass is 9.81. The third kappa shape index (κ3) is 2.37. The van der Waals surface area contributed by atoms with Crippen molar-refractivity contribution in [3.63, 3.8) is 0 Å². The Labute approximate surface area is 156 Å². The van der Waals surface area contributed by atoms with E-state index in [1.54, 1.807) is 0 Å². The van der Waals surface area contributed by atoms with Gasteiger partial charge in [-0.05, 0) is 57.5 Å². The van der Waals surface area contributed by atoms with Gasteiger partial charge >= 0.3 is 0 Å². The first kappa shape index (κ1) is 16.6. The molecule has 4 rings (SSSR count). The molecule has 0 heterocycles. The SMILES string of the molecule is C=Cc1c(/C=C\C)cccc1-c1ccc2c(c1)C(C)(C)c1ccccc1-2. The molecule has 0 saturated heterocycles. The molecular formula is C26H24. The summed E-state index contributed by atoms with van der Waals surface area (Å²) in [6.07, 6.45) is 6.19.